The Kier molecular flexibility index (Phi) is 71.5. The third kappa shape index (κ3) is 78.0. The minimum absolute atomic E-state index is 0.106. The van der Waals surface area contributed by atoms with Gasteiger partial charge in [-0.3, -0.25) is 37.3 Å². The van der Waals surface area contributed by atoms with Gasteiger partial charge in [0.25, 0.3) is 0 Å². The summed E-state index contributed by atoms with van der Waals surface area (Å²) in [4.78, 5) is 73.1. The van der Waals surface area contributed by atoms with E-state index in [2.05, 4.69) is 55.4 Å². The van der Waals surface area contributed by atoms with Crippen LogP contribution >= 0.6 is 15.6 Å². The van der Waals surface area contributed by atoms with E-state index in [4.69, 9.17) is 37.0 Å². The number of phosphoric ester groups is 2. The number of carbonyl (C=O) groups is 4. The predicted octanol–water partition coefficient (Wildman–Crippen LogP) is 25.2. The maximum absolute atomic E-state index is 13.1. The molecule has 0 rings (SSSR count). The number of rotatable bonds is 81. The van der Waals surface area contributed by atoms with Crippen LogP contribution in [0, 0.1) is 23.7 Å². The number of phosphoric acid groups is 2. The lowest BCUT2D eigenvalue weighted by Gasteiger charge is -2.21. The Morgan fingerprint density at radius 1 is 0.243 bits per heavy atom. The van der Waals surface area contributed by atoms with Gasteiger partial charge in [-0.2, -0.15) is 0 Å². The van der Waals surface area contributed by atoms with Gasteiger partial charge in [0.1, 0.15) is 19.3 Å². The van der Waals surface area contributed by atoms with Gasteiger partial charge < -0.3 is 33.8 Å². The number of aliphatic hydroxyl groups is 1. The van der Waals surface area contributed by atoms with Crippen LogP contribution in [0.3, 0.4) is 0 Å². The highest BCUT2D eigenvalue weighted by Crippen LogP contribution is 2.45. The van der Waals surface area contributed by atoms with Crippen LogP contribution in [0.4, 0.5) is 0 Å². The van der Waals surface area contributed by atoms with E-state index in [0.29, 0.717) is 31.6 Å². The first-order valence-corrected chi connectivity index (χ1v) is 46.2. The predicted molar refractivity (Wildman–Crippen MR) is 423 cm³/mol. The second-order valence-corrected chi connectivity index (χ2v) is 35.0. The molecule has 0 heterocycles. The Bertz CT molecular complexity index is 2010. The molecule has 0 aliphatic heterocycles. The summed E-state index contributed by atoms with van der Waals surface area (Å²) in [6, 6.07) is 0. The minimum Gasteiger partial charge on any atom is -0.462 e. The average Bonchev–Trinajstić information content (AvgIpc) is 1.21. The Morgan fingerprint density at radius 2 is 0.408 bits per heavy atom. The van der Waals surface area contributed by atoms with E-state index in [1.807, 2.05) is 0 Å². The topological polar surface area (TPSA) is 237 Å². The van der Waals surface area contributed by atoms with E-state index < -0.39 is 97.5 Å². The second kappa shape index (κ2) is 72.9. The molecule has 0 spiro atoms. The summed E-state index contributed by atoms with van der Waals surface area (Å²) in [6.45, 7) is 14.3. The molecular formula is C84H164O17P2. The van der Waals surface area contributed by atoms with Gasteiger partial charge in [-0.1, -0.05) is 383 Å². The molecule has 0 saturated carbocycles. The lowest BCUT2D eigenvalue weighted by atomic mass is 10.0. The molecule has 3 unspecified atom stereocenters. The van der Waals surface area contributed by atoms with Crippen LogP contribution in [0.1, 0.15) is 434 Å². The molecule has 0 radical (unpaired) electrons. The minimum atomic E-state index is -4.96. The number of ether oxygens (including phenoxy) is 4. The van der Waals surface area contributed by atoms with Crippen molar-refractivity contribution in [2.24, 2.45) is 23.7 Å². The molecule has 17 nitrogen and oxygen atoms in total. The van der Waals surface area contributed by atoms with Crippen LogP contribution in [-0.4, -0.2) is 96.7 Å². The number of hydrogen-bond donors (Lipinski definition) is 3. The molecule has 103 heavy (non-hydrogen) atoms. The molecule has 0 amide bonds. The Balaban J connectivity index is 5.18. The van der Waals surface area contributed by atoms with Gasteiger partial charge in [-0.05, 0) is 49.4 Å². The van der Waals surface area contributed by atoms with E-state index >= 15 is 0 Å². The van der Waals surface area contributed by atoms with Gasteiger partial charge in [0.15, 0.2) is 12.2 Å². The lowest BCUT2D eigenvalue weighted by Crippen LogP contribution is -2.30. The summed E-state index contributed by atoms with van der Waals surface area (Å²) < 4.78 is 68.8. The van der Waals surface area contributed by atoms with Gasteiger partial charge in [0.05, 0.1) is 26.4 Å². The fraction of sp³-hybridized carbons (Fsp3) is 0.952. The van der Waals surface area contributed by atoms with Crippen LogP contribution in [0.5, 0.6) is 0 Å². The molecular weight excluding hydrogens is 1340 g/mol. The van der Waals surface area contributed by atoms with Crippen molar-refractivity contribution in [3.05, 3.63) is 0 Å². The van der Waals surface area contributed by atoms with Crippen molar-refractivity contribution >= 4 is 39.5 Å². The molecule has 0 saturated heterocycles. The van der Waals surface area contributed by atoms with Crippen LogP contribution in [0.2, 0.25) is 0 Å². The summed E-state index contributed by atoms with van der Waals surface area (Å²) in [5.74, 6) is 0.978. The highest BCUT2D eigenvalue weighted by Gasteiger charge is 2.30. The summed E-state index contributed by atoms with van der Waals surface area (Å²) in [6.07, 6.45) is 61.3. The van der Waals surface area contributed by atoms with E-state index in [9.17, 15) is 43.2 Å². The van der Waals surface area contributed by atoms with Crippen molar-refractivity contribution in [2.75, 3.05) is 39.6 Å². The first-order chi connectivity index (χ1) is 49.6. The quantitative estimate of drug-likeness (QED) is 0.0222. The van der Waals surface area contributed by atoms with Gasteiger partial charge >= 0.3 is 39.5 Å². The Labute approximate surface area is 632 Å². The van der Waals surface area contributed by atoms with Gasteiger partial charge in [0.2, 0.25) is 0 Å². The number of esters is 4. The van der Waals surface area contributed by atoms with Crippen molar-refractivity contribution < 1.29 is 80.2 Å². The van der Waals surface area contributed by atoms with E-state index in [1.165, 1.54) is 231 Å². The molecule has 0 aliphatic carbocycles. The number of unbranched alkanes of at least 4 members (excludes halogenated alkanes) is 47. The third-order valence-corrected chi connectivity index (χ3v) is 21.5. The fourth-order valence-electron chi connectivity index (χ4n) is 13.0. The standard InChI is InChI=1S/C84H164O17P2/c1-74(2)60-52-44-36-29-23-19-15-11-9-10-12-18-22-26-33-41-50-58-66-83(88)101-80(71-95-82(87)65-57-49-43-35-39-47-55-63-77(7)8)73-99-103(92,93)97-69-78(85)68-96-102(90,91)98-72-79(100-84(89)67-59-51-42-34-28-27-31-38-46-54-62-76(5)6)70-94-81(86)64-56-48-40-32-25-21-17-14-13-16-20-24-30-37-45-53-61-75(3)4/h74-80,85H,9-73H2,1-8H3,(H,90,91)(H,92,93)/t78?,79-,80-/m1/s1. The maximum Gasteiger partial charge on any atom is 0.472 e. The number of carbonyl (C=O) groups excluding carboxylic acids is 4. The number of hydrogen-bond acceptors (Lipinski definition) is 15. The van der Waals surface area contributed by atoms with Crippen molar-refractivity contribution in [2.45, 2.75) is 453 Å². The average molecular weight is 1510 g/mol. The monoisotopic (exact) mass is 1510 g/mol. The summed E-state index contributed by atoms with van der Waals surface area (Å²) >= 11 is 0. The van der Waals surface area contributed by atoms with Crippen LogP contribution in [-0.2, 0) is 65.4 Å². The van der Waals surface area contributed by atoms with Crippen molar-refractivity contribution in [3.8, 4) is 0 Å². The molecule has 3 N–H and O–H groups in total. The number of aliphatic hydroxyl groups excluding tert-OH is 1. The lowest BCUT2D eigenvalue weighted by molar-refractivity contribution is -0.161. The molecule has 19 heteroatoms. The molecule has 0 aromatic carbocycles. The smallest absolute Gasteiger partial charge is 0.462 e. The molecule has 5 atom stereocenters. The molecule has 0 bridgehead atoms. The maximum atomic E-state index is 13.1. The fourth-order valence-corrected chi connectivity index (χ4v) is 14.5. The highest BCUT2D eigenvalue weighted by atomic mass is 31.2. The Morgan fingerprint density at radius 3 is 0.602 bits per heavy atom. The van der Waals surface area contributed by atoms with Gasteiger partial charge in [-0.15, -0.1) is 0 Å². The molecule has 0 aliphatic rings. The largest absolute Gasteiger partial charge is 0.472 e. The first kappa shape index (κ1) is 101. The zero-order chi connectivity index (χ0) is 76.0. The molecule has 612 valence electrons. The Hall–Kier alpha value is -1.94. The zero-order valence-corrected chi connectivity index (χ0v) is 69.7. The van der Waals surface area contributed by atoms with Crippen molar-refractivity contribution in [3.63, 3.8) is 0 Å². The zero-order valence-electron chi connectivity index (χ0n) is 68.0. The summed E-state index contributed by atoms with van der Waals surface area (Å²) in [5, 5.41) is 10.7. The van der Waals surface area contributed by atoms with Crippen molar-refractivity contribution in [1.82, 2.24) is 0 Å². The molecule has 0 aromatic heterocycles. The van der Waals surface area contributed by atoms with Crippen LogP contribution in [0.15, 0.2) is 0 Å². The van der Waals surface area contributed by atoms with E-state index in [1.54, 1.807) is 0 Å². The summed E-state index contributed by atoms with van der Waals surface area (Å²) in [5.41, 5.74) is 0. The highest BCUT2D eigenvalue weighted by molar-refractivity contribution is 7.47. The second-order valence-electron chi connectivity index (χ2n) is 32.1. The first-order valence-electron chi connectivity index (χ1n) is 43.2. The normalized spacial score (nSPS) is 14.0. The van der Waals surface area contributed by atoms with Crippen LogP contribution in [0.25, 0.3) is 0 Å². The molecule has 0 fully saturated rings. The van der Waals surface area contributed by atoms with E-state index in [-0.39, 0.29) is 25.7 Å². The van der Waals surface area contributed by atoms with Gasteiger partial charge in [0, 0.05) is 25.7 Å². The van der Waals surface area contributed by atoms with Crippen molar-refractivity contribution in [1.29, 1.82) is 0 Å². The van der Waals surface area contributed by atoms with Gasteiger partial charge in [-0.25, -0.2) is 9.13 Å². The third-order valence-electron chi connectivity index (χ3n) is 19.6. The molecule has 0 aromatic rings. The van der Waals surface area contributed by atoms with E-state index in [0.717, 1.165) is 114 Å². The SMILES string of the molecule is CC(C)CCCCCCCCCCCCCCCCCCCCC(=O)O[C@H](COC(=O)CCCCCCCCCC(C)C)COP(=O)(O)OCC(O)COP(=O)(O)OC[C@@H](COC(=O)CCCCCCCCCCCCCCCCCCC(C)C)OC(=O)CCCCCCCCCCCCC(C)C. The van der Waals surface area contributed by atoms with Crippen LogP contribution < -0.4 is 0 Å². The summed E-state index contributed by atoms with van der Waals surface area (Å²) in [7, 11) is -9.92.